The van der Waals surface area contributed by atoms with Gasteiger partial charge in [0.2, 0.25) is 0 Å². The molecule has 0 aromatic heterocycles. The molecule has 0 saturated carbocycles. The number of nitrogens with two attached hydrogens (primary N) is 1. The van der Waals surface area contributed by atoms with Crippen LogP contribution in [0.15, 0.2) is 12.1 Å². The quantitative estimate of drug-likeness (QED) is 0.732. The van der Waals surface area contributed by atoms with E-state index in [4.69, 9.17) is 10.8 Å². The van der Waals surface area contributed by atoms with Gasteiger partial charge in [-0.05, 0) is 18.6 Å². The minimum absolute atomic E-state index is 0.248. The van der Waals surface area contributed by atoms with Gasteiger partial charge in [0.25, 0.3) is 0 Å². The number of aryl methyl sites for hydroxylation is 1. The zero-order valence-corrected chi connectivity index (χ0v) is 7.22. The van der Waals surface area contributed by atoms with Gasteiger partial charge in [0.05, 0.1) is 12.6 Å². The summed E-state index contributed by atoms with van der Waals surface area (Å²) in [6, 6.07) is 1.47. The van der Waals surface area contributed by atoms with Crippen molar-refractivity contribution in [3.8, 4) is 0 Å². The van der Waals surface area contributed by atoms with E-state index in [1.165, 1.54) is 13.0 Å². The molecule has 0 unspecified atom stereocenters. The van der Waals surface area contributed by atoms with Crippen molar-refractivity contribution in [1.82, 2.24) is 0 Å². The van der Waals surface area contributed by atoms with Gasteiger partial charge in [0.1, 0.15) is 11.6 Å². The number of benzene rings is 1. The van der Waals surface area contributed by atoms with Crippen molar-refractivity contribution < 1.29 is 13.9 Å². The van der Waals surface area contributed by atoms with Crippen LogP contribution in [0.2, 0.25) is 0 Å². The first-order chi connectivity index (χ1) is 6.07. The molecule has 13 heavy (non-hydrogen) atoms. The van der Waals surface area contributed by atoms with E-state index in [2.05, 4.69) is 0 Å². The van der Waals surface area contributed by atoms with E-state index in [1.807, 2.05) is 0 Å². The molecule has 0 heterocycles. The predicted molar refractivity (Wildman–Crippen MR) is 45.1 cm³/mol. The number of hydrogen-bond donors (Lipinski definition) is 2. The number of aliphatic hydroxyl groups is 1. The fraction of sp³-hybridized carbons (Fsp3) is 0.333. The molecular weight excluding hydrogens is 176 g/mol. The van der Waals surface area contributed by atoms with Crippen molar-refractivity contribution in [2.45, 2.75) is 13.0 Å². The van der Waals surface area contributed by atoms with Crippen LogP contribution in [0.5, 0.6) is 0 Å². The van der Waals surface area contributed by atoms with E-state index in [0.717, 1.165) is 6.07 Å². The molecule has 1 rings (SSSR count). The van der Waals surface area contributed by atoms with Crippen LogP contribution in [-0.4, -0.2) is 11.7 Å². The maximum atomic E-state index is 13.3. The zero-order chi connectivity index (χ0) is 10.0. The number of aliphatic hydroxyl groups excluding tert-OH is 1. The highest BCUT2D eigenvalue weighted by Crippen LogP contribution is 2.21. The maximum Gasteiger partial charge on any atom is 0.133 e. The third kappa shape index (κ3) is 1.84. The molecule has 2 nitrogen and oxygen atoms in total. The van der Waals surface area contributed by atoms with Crippen molar-refractivity contribution in [1.29, 1.82) is 0 Å². The summed E-state index contributed by atoms with van der Waals surface area (Å²) in [4.78, 5) is 0. The monoisotopic (exact) mass is 187 g/mol. The highest BCUT2D eigenvalue weighted by atomic mass is 19.1. The first-order valence-corrected chi connectivity index (χ1v) is 3.89. The van der Waals surface area contributed by atoms with Gasteiger partial charge in [-0.25, -0.2) is 8.78 Å². The zero-order valence-electron chi connectivity index (χ0n) is 7.22. The molecule has 0 aliphatic carbocycles. The molecule has 1 aromatic carbocycles. The minimum Gasteiger partial charge on any atom is -0.394 e. The highest BCUT2D eigenvalue weighted by Gasteiger charge is 2.17. The van der Waals surface area contributed by atoms with Crippen LogP contribution in [0.3, 0.4) is 0 Å². The van der Waals surface area contributed by atoms with Gasteiger partial charge in [-0.15, -0.1) is 0 Å². The minimum atomic E-state index is -1.00. The van der Waals surface area contributed by atoms with Crippen molar-refractivity contribution in [2.75, 3.05) is 6.61 Å². The van der Waals surface area contributed by atoms with Gasteiger partial charge >= 0.3 is 0 Å². The topological polar surface area (TPSA) is 46.2 Å². The summed E-state index contributed by atoms with van der Waals surface area (Å²) in [5.41, 5.74) is 5.41. The molecule has 0 saturated heterocycles. The second-order valence-electron chi connectivity index (χ2n) is 2.88. The Labute approximate surface area is 75.0 Å². The van der Waals surface area contributed by atoms with E-state index in [0.29, 0.717) is 5.56 Å². The molecule has 72 valence electrons. The number of rotatable bonds is 2. The summed E-state index contributed by atoms with van der Waals surface area (Å²) in [6.07, 6.45) is 0. The summed E-state index contributed by atoms with van der Waals surface area (Å²) in [6.45, 7) is 1.04. The van der Waals surface area contributed by atoms with Gasteiger partial charge in [-0.1, -0.05) is 6.07 Å². The summed E-state index contributed by atoms with van der Waals surface area (Å²) < 4.78 is 26.3. The fourth-order valence-corrected chi connectivity index (χ4v) is 1.11. The summed E-state index contributed by atoms with van der Waals surface area (Å²) in [5.74, 6) is -1.40. The van der Waals surface area contributed by atoms with E-state index < -0.39 is 24.3 Å². The Morgan fingerprint density at radius 3 is 2.62 bits per heavy atom. The largest absolute Gasteiger partial charge is 0.394 e. The molecule has 0 radical (unpaired) electrons. The Hall–Kier alpha value is -1.00. The van der Waals surface area contributed by atoms with E-state index in [1.54, 1.807) is 0 Å². The molecule has 0 aliphatic rings. The third-order valence-corrected chi connectivity index (χ3v) is 1.89. The molecule has 0 fully saturated rings. The number of halogens is 2. The Bertz CT molecular complexity index is 315. The van der Waals surface area contributed by atoms with Gasteiger partial charge in [0, 0.05) is 5.56 Å². The van der Waals surface area contributed by atoms with Crippen LogP contribution < -0.4 is 5.73 Å². The third-order valence-electron chi connectivity index (χ3n) is 1.89. The lowest BCUT2D eigenvalue weighted by atomic mass is 10.0. The second-order valence-corrected chi connectivity index (χ2v) is 2.88. The maximum absolute atomic E-state index is 13.3. The van der Waals surface area contributed by atoms with Gasteiger partial charge in [-0.2, -0.15) is 0 Å². The lowest BCUT2D eigenvalue weighted by molar-refractivity contribution is 0.262. The van der Waals surface area contributed by atoms with Crippen LogP contribution in [0.4, 0.5) is 8.78 Å². The SMILES string of the molecule is Cc1ccc(F)c([C@H](N)CO)c1F. The standard InChI is InChI=1S/C9H11F2NO/c1-5-2-3-6(10)8(9(5)11)7(12)4-13/h2-3,7,13H,4,12H2,1H3/t7-/m1/s1. The first kappa shape index (κ1) is 10.1. The molecule has 1 atom stereocenters. The fourth-order valence-electron chi connectivity index (χ4n) is 1.11. The molecule has 0 spiro atoms. The van der Waals surface area contributed by atoms with Crippen LogP contribution in [0.25, 0.3) is 0 Å². The lowest BCUT2D eigenvalue weighted by Crippen LogP contribution is -2.18. The van der Waals surface area contributed by atoms with E-state index in [9.17, 15) is 8.78 Å². The molecule has 0 amide bonds. The van der Waals surface area contributed by atoms with Crippen LogP contribution in [-0.2, 0) is 0 Å². The van der Waals surface area contributed by atoms with E-state index in [-0.39, 0.29) is 5.56 Å². The predicted octanol–water partition coefficient (Wildman–Crippen LogP) is 1.27. The van der Waals surface area contributed by atoms with Gasteiger partial charge < -0.3 is 10.8 Å². The van der Waals surface area contributed by atoms with Crippen molar-refractivity contribution in [3.05, 3.63) is 34.9 Å². The van der Waals surface area contributed by atoms with Gasteiger partial charge in [0.15, 0.2) is 0 Å². The average molecular weight is 187 g/mol. The summed E-state index contributed by atoms with van der Waals surface area (Å²) in [5, 5.41) is 8.67. The lowest BCUT2D eigenvalue weighted by Gasteiger charge is -2.12. The molecule has 3 N–H and O–H groups in total. The molecule has 1 aromatic rings. The normalized spacial score (nSPS) is 13.0. The Balaban J connectivity index is 3.25. The van der Waals surface area contributed by atoms with Crippen molar-refractivity contribution in [2.24, 2.45) is 5.73 Å². The molecule has 4 heteroatoms. The van der Waals surface area contributed by atoms with Crippen LogP contribution in [0, 0.1) is 18.6 Å². The van der Waals surface area contributed by atoms with Crippen molar-refractivity contribution >= 4 is 0 Å². The Morgan fingerprint density at radius 1 is 1.46 bits per heavy atom. The molecule has 0 aliphatic heterocycles. The van der Waals surface area contributed by atoms with Crippen molar-refractivity contribution in [3.63, 3.8) is 0 Å². The smallest absolute Gasteiger partial charge is 0.133 e. The number of hydrogen-bond acceptors (Lipinski definition) is 2. The van der Waals surface area contributed by atoms with Crippen LogP contribution in [0.1, 0.15) is 17.2 Å². The molecule has 0 bridgehead atoms. The average Bonchev–Trinajstić information content (AvgIpc) is 2.12. The Kier molecular flexibility index (Phi) is 2.95. The Morgan fingerprint density at radius 2 is 2.08 bits per heavy atom. The summed E-state index contributed by atoms with van der Waals surface area (Å²) >= 11 is 0. The van der Waals surface area contributed by atoms with Gasteiger partial charge in [-0.3, -0.25) is 0 Å². The van der Waals surface area contributed by atoms with Crippen LogP contribution >= 0.6 is 0 Å². The highest BCUT2D eigenvalue weighted by molar-refractivity contribution is 5.28. The van der Waals surface area contributed by atoms with E-state index >= 15 is 0 Å². The molecular formula is C9H11F2NO. The second kappa shape index (κ2) is 3.81. The summed E-state index contributed by atoms with van der Waals surface area (Å²) in [7, 11) is 0. The first-order valence-electron chi connectivity index (χ1n) is 3.89.